The van der Waals surface area contributed by atoms with Gasteiger partial charge < -0.3 is 9.84 Å². The molecule has 2 atom stereocenters. The van der Waals surface area contributed by atoms with Gasteiger partial charge in [0.25, 0.3) is 0 Å². The van der Waals surface area contributed by atoms with Gasteiger partial charge in [-0.25, -0.2) is 0 Å². The number of piperidine rings is 1. The third-order valence-electron chi connectivity index (χ3n) is 6.89. The molecule has 1 aromatic heterocycles. The number of benzene rings is 1. The zero-order chi connectivity index (χ0) is 19.0. The van der Waals surface area contributed by atoms with Crippen LogP contribution in [0.4, 0.5) is 0 Å². The van der Waals surface area contributed by atoms with Gasteiger partial charge in [0.1, 0.15) is 5.75 Å². The summed E-state index contributed by atoms with van der Waals surface area (Å²) in [5.41, 5.74) is 4.16. The number of ether oxygens (including phenoxy) is 1. The first-order valence-corrected chi connectivity index (χ1v) is 10.0. The van der Waals surface area contributed by atoms with Crippen molar-refractivity contribution < 1.29 is 9.84 Å². The molecule has 1 N–H and O–H groups in total. The standard InChI is InChI=1S/C23H30N2O2/c1-16-17(2)22(27-3)10-9-18(16)13-25-14-20-6-4-7-21(15-25)23(20,26)19-8-5-11-24-12-19/h5,8-12,20-21,26H,4,6-7,13-15H2,1-3H3/t20-,21-/m1/s1. The van der Waals surface area contributed by atoms with Crippen molar-refractivity contribution in [1.29, 1.82) is 0 Å². The maximum atomic E-state index is 11.7. The fraction of sp³-hybridized carbons (Fsp3) is 0.522. The first-order valence-electron chi connectivity index (χ1n) is 10.0. The molecule has 27 heavy (non-hydrogen) atoms. The molecule has 144 valence electrons. The first kappa shape index (κ1) is 18.5. The monoisotopic (exact) mass is 366 g/mol. The Balaban J connectivity index is 1.57. The van der Waals surface area contributed by atoms with Gasteiger partial charge in [-0.15, -0.1) is 0 Å². The second-order valence-electron chi connectivity index (χ2n) is 8.26. The highest BCUT2D eigenvalue weighted by Crippen LogP contribution is 2.49. The van der Waals surface area contributed by atoms with E-state index >= 15 is 0 Å². The quantitative estimate of drug-likeness (QED) is 0.893. The zero-order valence-electron chi connectivity index (χ0n) is 16.6. The van der Waals surface area contributed by atoms with E-state index in [0.29, 0.717) is 0 Å². The Morgan fingerprint density at radius 2 is 1.89 bits per heavy atom. The molecule has 2 bridgehead atoms. The van der Waals surface area contributed by atoms with Crippen molar-refractivity contribution in [2.75, 3.05) is 20.2 Å². The summed E-state index contributed by atoms with van der Waals surface area (Å²) in [6, 6.07) is 8.26. The summed E-state index contributed by atoms with van der Waals surface area (Å²) >= 11 is 0. The van der Waals surface area contributed by atoms with Crippen LogP contribution in [0.1, 0.15) is 41.5 Å². The molecule has 4 rings (SSSR count). The predicted octanol–water partition coefficient (Wildman–Crippen LogP) is 3.83. The fourth-order valence-corrected chi connectivity index (χ4v) is 5.23. The number of likely N-dealkylation sites (tertiary alicyclic amines) is 1. The van der Waals surface area contributed by atoms with Crippen LogP contribution >= 0.6 is 0 Å². The predicted molar refractivity (Wildman–Crippen MR) is 107 cm³/mol. The summed E-state index contributed by atoms with van der Waals surface area (Å²) < 4.78 is 5.46. The molecule has 4 heteroatoms. The summed E-state index contributed by atoms with van der Waals surface area (Å²) in [5, 5.41) is 11.7. The number of methoxy groups -OCH3 is 1. The molecule has 1 aliphatic carbocycles. The van der Waals surface area contributed by atoms with Crippen molar-refractivity contribution in [2.45, 2.75) is 45.3 Å². The number of aliphatic hydroxyl groups is 1. The minimum absolute atomic E-state index is 0.272. The zero-order valence-corrected chi connectivity index (χ0v) is 16.6. The number of hydrogen-bond acceptors (Lipinski definition) is 4. The molecule has 1 saturated carbocycles. The van der Waals surface area contributed by atoms with E-state index < -0.39 is 5.60 Å². The molecule has 1 saturated heterocycles. The minimum Gasteiger partial charge on any atom is -0.496 e. The van der Waals surface area contributed by atoms with Gasteiger partial charge in [-0.3, -0.25) is 9.88 Å². The van der Waals surface area contributed by atoms with Crippen molar-refractivity contribution >= 4 is 0 Å². The van der Waals surface area contributed by atoms with E-state index in [-0.39, 0.29) is 11.8 Å². The van der Waals surface area contributed by atoms with E-state index in [1.807, 2.05) is 18.3 Å². The van der Waals surface area contributed by atoms with Gasteiger partial charge in [-0.2, -0.15) is 0 Å². The van der Waals surface area contributed by atoms with Crippen molar-refractivity contribution in [2.24, 2.45) is 11.8 Å². The van der Waals surface area contributed by atoms with E-state index in [0.717, 1.165) is 43.8 Å². The summed E-state index contributed by atoms with van der Waals surface area (Å²) in [5.74, 6) is 1.50. The molecular formula is C23H30N2O2. The lowest BCUT2D eigenvalue weighted by Gasteiger charge is -2.53. The highest BCUT2D eigenvalue weighted by Gasteiger charge is 2.51. The SMILES string of the molecule is COc1ccc(CN2C[C@H]3CCC[C@H](C2)C3(O)c2cccnc2)c(C)c1C. The number of aromatic nitrogens is 1. The van der Waals surface area contributed by atoms with Crippen LogP contribution in [0.3, 0.4) is 0 Å². The lowest BCUT2D eigenvalue weighted by atomic mass is 9.63. The van der Waals surface area contributed by atoms with E-state index in [4.69, 9.17) is 4.74 Å². The molecule has 2 heterocycles. The van der Waals surface area contributed by atoms with Crippen LogP contribution in [-0.2, 0) is 12.1 Å². The molecule has 2 fully saturated rings. The molecule has 0 radical (unpaired) electrons. The Labute approximate surface area is 162 Å². The largest absolute Gasteiger partial charge is 0.496 e. The van der Waals surface area contributed by atoms with Gasteiger partial charge in [0.05, 0.1) is 12.7 Å². The van der Waals surface area contributed by atoms with Crippen molar-refractivity contribution in [3.05, 3.63) is 58.9 Å². The molecule has 0 unspecified atom stereocenters. The molecule has 0 amide bonds. The van der Waals surface area contributed by atoms with Crippen LogP contribution in [0.15, 0.2) is 36.7 Å². The van der Waals surface area contributed by atoms with Crippen LogP contribution in [0.2, 0.25) is 0 Å². The Morgan fingerprint density at radius 1 is 1.15 bits per heavy atom. The lowest BCUT2D eigenvalue weighted by molar-refractivity contribution is -0.148. The summed E-state index contributed by atoms with van der Waals surface area (Å²) in [4.78, 5) is 6.81. The van der Waals surface area contributed by atoms with Gasteiger partial charge >= 0.3 is 0 Å². The molecule has 2 aliphatic rings. The third-order valence-corrected chi connectivity index (χ3v) is 6.89. The fourth-order valence-electron chi connectivity index (χ4n) is 5.23. The molecule has 4 nitrogen and oxygen atoms in total. The Hall–Kier alpha value is -1.91. The van der Waals surface area contributed by atoms with E-state index in [9.17, 15) is 5.11 Å². The Morgan fingerprint density at radius 3 is 2.52 bits per heavy atom. The van der Waals surface area contributed by atoms with Gasteiger partial charge in [0, 0.05) is 49.4 Å². The number of rotatable bonds is 4. The normalized spacial score (nSPS) is 28.1. The average Bonchev–Trinajstić information content (AvgIpc) is 2.67. The smallest absolute Gasteiger partial charge is 0.122 e. The third kappa shape index (κ3) is 3.15. The van der Waals surface area contributed by atoms with E-state index in [2.05, 4.69) is 35.9 Å². The Bertz CT molecular complexity index is 792. The summed E-state index contributed by atoms with van der Waals surface area (Å²) in [6.07, 6.45) is 7.02. The van der Waals surface area contributed by atoms with Crippen molar-refractivity contribution in [1.82, 2.24) is 9.88 Å². The number of pyridine rings is 1. The molecule has 2 aromatic rings. The Kier molecular flexibility index (Phi) is 4.95. The average molecular weight is 367 g/mol. The topological polar surface area (TPSA) is 45.6 Å². The van der Waals surface area contributed by atoms with Crippen LogP contribution in [0.5, 0.6) is 5.75 Å². The summed E-state index contributed by atoms with van der Waals surface area (Å²) in [6.45, 7) is 7.12. The maximum Gasteiger partial charge on any atom is 0.122 e. The highest BCUT2D eigenvalue weighted by molar-refractivity contribution is 5.43. The first-order chi connectivity index (χ1) is 13.0. The minimum atomic E-state index is -0.728. The lowest BCUT2D eigenvalue weighted by Crippen LogP contribution is -2.57. The van der Waals surface area contributed by atoms with E-state index in [1.54, 1.807) is 13.3 Å². The number of hydrogen-bond donors (Lipinski definition) is 1. The van der Waals surface area contributed by atoms with Gasteiger partial charge in [-0.1, -0.05) is 18.6 Å². The second kappa shape index (κ2) is 7.25. The molecular weight excluding hydrogens is 336 g/mol. The van der Waals surface area contributed by atoms with Crippen LogP contribution in [-0.4, -0.2) is 35.2 Å². The molecule has 0 spiro atoms. The molecule has 1 aliphatic heterocycles. The molecule has 1 aromatic carbocycles. The van der Waals surface area contributed by atoms with Gasteiger partial charge in [0.2, 0.25) is 0 Å². The van der Waals surface area contributed by atoms with E-state index in [1.165, 1.54) is 23.1 Å². The van der Waals surface area contributed by atoms with Gasteiger partial charge in [0.15, 0.2) is 0 Å². The summed E-state index contributed by atoms with van der Waals surface area (Å²) in [7, 11) is 1.73. The highest BCUT2D eigenvalue weighted by atomic mass is 16.5. The second-order valence-corrected chi connectivity index (χ2v) is 8.26. The van der Waals surface area contributed by atoms with Crippen LogP contribution < -0.4 is 4.74 Å². The van der Waals surface area contributed by atoms with Crippen molar-refractivity contribution in [3.63, 3.8) is 0 Å². The van der Waals surface area contributed by atoms with Crippen LogP contribution in [0, 0.1) is 25.7 Å². The number of nitrogens with zero attached hydrogens (tertiary/aromatic N) is 2. The van der Waals surface area contributed by atoms with Crippen LogP contribution in [0.25, 0.3) is 0 Å². The van der Waals surface area contributed by atoms with Crippen molar-refractivity contribution in [3.8, 4) is 5.75 Å². The van der Waals surface area contributed by atoms with Gasteiger partial charge in [-0.05, 0) is 55.5 Å². The maximum absolute atomic E-state index is 11.7. The number of fused-ring (bicyclic) bond motifs is 2.